The molecule has 0 saturated heterocycles. The van der Waals surface area contributed by atoms with Crippen LogP contribution >= 0.6 is 11.6 Å². The highest BCUT2D eigenvalue weighted by Gasteiger charge is 2.16. The van der Waals surface area contributed by atoms with Crippen LogP contribution in [0.15, 0.2) is 72.8 Å². The van der Waals surface area contributed by atoms with E-state index in [1.165, 1.54) is 38.2 Å². The van der Waals surface area contributed by atoms with Gasteiger partial charge in [0.25, 0.3) is 0 Å². The molecule has 0 amide bonds. The molecule has 4 rings (SSSR count). The number of halogens is 1. The van der Waals surface area contributed by atoms with Crippen LogP contribution in [0.5, 0.6) is 5.75 Å². The standard InChI is InChI=1S/C26H26ClNO/c1-28(2)16-17-29-20-12-13-23-25(18-20)22-11-7-6-10-21(22)24(14-15-27)26(23)19-8-4-3-5-9-19/h3-13,18H,14-17H2,1-2H3. The summed E-state index contributed by atoms with van der Waals surface area (Å²) < 4.78 is 6.03. The molecule has 148 valence electrons. The maximum Gasteiger partial charge on any atom is 0.120 e. The van der Waals surface area contributed by atoms with Crippen molar-refractivity contribution in [1.82, 2.24) is 4.90 Å². The number of rotatable bonds is 7. The largest absolute Gasteiger partial charge is 0.492 e. The molecule has 2 nitrogen and oxygen atoms in total. The third-order valence-corrected chi connectivity index (χ3v) is 5.51. The number of nitrogens with zero attached hydrogens (tertiary/aromatic N) is 1. The molecule has 29 heavy (non-hydrogen) atoms. The Kier molecular flexibility index (Phi) is 6.03. The Hall–Kier alpha value is -2.55. The van der Waals surface area contributed by atoms with Crippen LogP contribution in [-0.4, -0.2) is 38.0 Å². The summed E-state index contributed by atoms with van der Waals surface area (Å²) in [4.78, 5) is 2.13. The first-order valence-electron chi connectivity index (χ1n) is 10.1. The molecule has 0 radical (unpaired) electrons. The van der Waals surface area contributed by atoms with Gasteiger partial charge < -0.3 is 9.64 Å². The number of hydrogen-bond acceptors (Lipinski definition) is 2. The number of aryl methyl sites for hydroxylation is 1. The summed E-state index contributed by atoms with van der Waals surface area (Å²) in [6.07, 6.45) is 0.837. The highest BCUT2D eigenvalue weighted by molar-refractivity contribution is 6.19. The van der Waals surface area contributed by atoms with Crippen molar-refractivity contribution in [2.75, 3.05) is 33.1 Å². The molecular formula is C26H26ClNO. The number of benzene rings is 4. The summed E-state index contributed by atoms with van der Waals surface area (Å²) in [7, 11) is 4.11. The molecule has 0 aliphatic rings. The highest BCUT2D eigenvalue weighted by Crippen LogP contribution is 2.40. The average molecular weight is 404 g/mol. The van der Waals surface area contributed by atoms with Crippen LogP contribution in [0.4, 0.5) is 0 Å². The zero-order valence-electron chi connectivity index (χ0n) is 17.0. The van der Waals surface area contributed by atoms with E-state index in [9.17, 15) is 0 Å². The lowest BCUT2D eigenvalue weighted by molar-refractivity contribution is 0.261. The van der Waals surface area contributed by atoms with Gasteiger partial charge in [-0.1, -0.05) is 60.7 Å². The summed E-state index contributed by atoms with van der Waals surface area (Å²) in [5.74, 6) is 1.51. The minimum absolute atomic E-state index is 0.598. The lowest BCUT2D eigenvalue weighted by Gasteiger charge is -2.18. The molecule has 0 atom stereocenters. The van der Waals surface area contributed by atoms with Crippen molar-refractivity contribution < 1.29 is 4.74 Å². The molecule has 0 fully saturated rings. The van der Waals surface area contributed by atoms with Gasteiger partial charge in [-0.05, 0) is 70.9 Å². The first-order chi connectivity index (χ1) is 14.2. The van der Waals surface area contributed by atoms with Gasteiger partial charge in [-0.25, -0.2) is 0 Å². The van der Waals surface area contributed by atoms with Crippen LogP contribution in [-0.2, 0) is 6.42 Å². The quantitative estimate of drug-likeness (QED) is 0.262. The fourth-order valence-corrected chi connectivity index (χ4v) is 4.16. The van der Waals surface area contributed by atoms with E-state index in [1.807, 2.05) is 0 Å². The molecule has 0 aliphatic heterocycles. The second-order valence-corrected chi connectivity index (χ2v) is 7.94. The van der Waals surface area contributed by atoms with Crippen molar-refractivity contribution in [2.45, 2.75) is 6.42 Å². The van der Waals surface area contributed by atoms with Gasteiger partial charge in [0.2, 0.25) is 0 Å². The molecule has 0 heterocycles. The van der Waals surface area contributed by atoms with E-state index in [1.54, 1.807) is 0 Å². The summed E-state index contributed by atoms with van der Waals surface area (Å²) >= 11 is 6.23. The van der Waals surface area contributed by atoms with E-state index in [2.05, 4.69) is 91.8 Å². The van der Waals surface area contributed by atoms with E-state index in [-0.39, 0.29) is 0 Å². The zero-order chi connectivity index (χ0) is 20.2. The topological polar surface area (TPSA) is 12.5 Å². The van der Waals surface area contributed by atoms with Crippen LogP contribution in [0.2, 0.25) is 0 Å². The predicted octanol–water partition coefficient (Wildman–Crippen LogP) is 6.38. The van der Waals surface area contributed by atoms with E-state index >= 15 is 0 Å². The molecular weight excluding hydrogens is 378 g/mol. The lowest BCUT2D eigenvalue weighted by atomic mass is 9.87. The third-order valence-electron chi connectivity index (χ3n) is 5.32. The van der Waals surface area contributed by atoms with E-state index in [4.69, 9.17) is 16.3 Å². The van der Waals surface area contributed by atoms with Gasteiger partial charge in [0, 0.05) is 12.4 Å². The summed E-state index contributed by atoms with van der Waals surface area (Å²) in [6, 6.07) is 25.7. The van der Waals surface area contributed by atoms with Crippen molar-refractivity contribution >= 4 is 33.1 Å². The minimum Gasteiger partial charge on any atom is -0.492 e. The number of fused-ring (bicyclic) bond motifs is 3. The number of alkyl halides is 1. The zero-order valence-corrected chi connectivity index (χ0v) is 17.7. The van der Waals surface area contributed by atoms with Crippen molar-refractivity contribution in [1.29, 1.82) is 0 Å². The van der Waals surface area contributed by atoms with E-state index < -0.39 is 0 Å². The van der Waals surface area contributed by atoms with Gasteiger partial charge >= 0.3 is 0 Å². The lowest BCUT2D eigenvalue weighted by Crippen LogP contribution is -2.19. The van der Waals surface area contributed by atoms with Gasteiger partial charge in [0.15, 0.2) is 0 Å². The van der Waals surface area contributed by atoms with Crippen molar-refractivity contribution in [3.05, 3.63) is 78.4 Å². The van der Waals surface area contributed by atoms with Gasteiger partial charge in [0.05, 0.1) is 0 Å². The van der Waals surface area contributed by atoms with Gasteiger partial charge in [-0.15, -0.1) is 11.6 Å². The molecule has 0 unspecified atom stereocenters. The number of hydrogen-bond donors (Lipinski definition) is 0. The summed E-state index contributed by atoms with van der Waals surface area (Å²) in [5.41, 5.74) is 3.82. The van der Waals surface area contributed by atoms with Gasteiger partial charge in [0.1, 0.15) is 12.4 Å². The SMILES string of the molecule is CN(C)CCOc1ccc2c(-c3ccccc3)c(CCCl)c3ccccc3c2c1. The molecule has 4 aromatic rings. The number of ether oxygens (including phenoxy) is 1. The molecule has 4 aromatic carbocycles. The Balaban J connectivity index is 1.96. The molecule has 0 aliphatic carbocycles. The summed E-state index contributed by atoms with van der Waals surface area (Å²) in [6.45, 7) is 1.56. The molecule has 0 spiro atoms. The average Bonchev–Trinajstić information content (AvgIpc) is 2.74. The van der Waals surface area contributed by atoms with Crippen molar-refractivity contribution in [3.8, 4) is 16.9 Å². The second kappa shape index (κ2) is 8.86. The van der Waals surface area contributed by atoms with Crippen LogP contribution in [0.3, 0.4) is 0 Å². The first kappa shape index (κ1) is 19.8. The fourth-order valence-electron chi connectivity index (χ4n) is 3.97. The first-order valence-corrected chi connectivity index (χ1v) is 10.6. The third kappa shape index (κ3) is 4.10. The maximum absolute atomic E-state index is 6.23. The molecule has 0 aromatic heterocycles. The van der Waals surface area contributed by atoms with Crippen molar-refractivity contribution in [3.63, 3.8) is 0 Å². The van der Waals surface area contributed by atoms with E-state index in [0.29, 0.717) is 12.5 Å². The Bertz CT molecular complexity index is 1120. The number of likely N-dealkylation sites (N-methyl/N-ethyl adjacent to an activating group) is 1. The van der Waals surface area contributed by atoms with Crippen LogP contribution < -0.4 is 4.74 Å². The minimum atomic E-state index is 0.598. The van der Waals surface area contributed by atoms with E-state index in [0.717, 1.165) is 18.7 Å². The molecule has 0 bridgehead atoms. The normalized spacial score (nSPS) is 11.4. The fraction of sp³-hybridized carbons (Fsp3) is 0.231. The van der Waals surface area contributed by atoms with Crippen LogP contribution in [0, 0.1) is 0 Å². The van der Waals surface area contributed by atoms with Crippen LogP contribution in [0.25, 0.3) is 32.7 Å². The Morgan fingerprint density at radius 2 is 1.52 bits per heavy atom. The summed E-state index contributed by atoms with van der Waals surface area (Å²) in [5, 5.41) is 4.99. The Labute approximate surface area is 177 Å². The molecule has 3 heteroatoms. The maximum atomic E-state index is 6.23. The van der Waals surface area contributed by atoms with Crippen LogP contribution in [0.1, 0.15) is 5.56 Å². The highest BCUT2D eigenvalue weighted by atomic mass is 35.5. The Morgan fingerprint density at radius 1 is 0.793 bits per heavy atom. The smallest absolute Gasteiger partial charge is 0.120 e. The second-order valence-electron chi connectivity index (χ2n) is 7.56. The van der Waals surface area contributed by atoms with Crippen molar-refractivity contribution in [2.24, 2.45) is 0 Å². The van der Waals surface area contributed by atoms with Gasteiger partial charge in [-0.2, -0.15) is 0 Å². The molecule has 0 N–H and O–H groups in total. The predicted molar refractivity (Wildman–Crippen MR) is 125 cm³/mol. The van der Waals surface area contributed by atoms with Gasteiger partial charge in [-0.3, -0.25) is 0 Å². The molecule has 0 saturated carbocycles. The monoisotopic (exact) mass is 403 g/mol. The Morgan fingerprint density at radius 3 is 2.24 bits per heavy atom.